The van der Waals surface area contributed by atoms with Gasteiger partial charge in [-0.15, -0.1) is 0 Å². The van der Waals surface area contributed by atoms with Gasteiger partial charge in [-0.1, -0.05) is 59.9 Å². The second-order valence-corrected chi connectivity index (χ2v) is 8.66. The fourth-order valence-corrected chi connectivity index (χ4v) is 5.15. The average molecular weight is 400 g/mol. The number of hydrogen-bond donors (Lipinski definition) is 0. The highest BCUT2D eigenvalue weighted by atomic mass is 32.1. The topological polar surface area (TPSA) is 19.4 Å². The monoisotopic (exact) mass is 399 g/mol. The van der Waals surface area contributed by atoms with Crippen molar-refractivity contribution in [1.29, 1.82) is 0 Å². The highest BCUT2D eigenvalue weighted by Gasteiger charge is 2.20. The third-order valence-corrected chi connectivity index (χ3v) is 6.86. The second-order valence-electron chi connectivity index (χ2n) is 7.65. The maximum absolute atomic E-state index is 4.80. The van der Waals surface area contributed by atoms with Crippen LogP contribution in [0.3, 0.4) is 0 Å². The molecule has 5 rings (SSSR count). The predicted octanol–water partition coefficient (Wildman–Crippen LogP) is 6.06. The highest BCUT2D eigenvalue weighted by Crippen LogP contribution is 2.36. The van der Waals surface area contributed by atoms with Crippen molar-refractivity contribution in [2.45, 2.75) is 19.3 Å². The van der Waals surface area contributed by atoms with Gasteiger partial charge in [-0.3, -0.25) is 0 Å². The molecule has 1 aromatic heterocycles. The van der Waals surface area contributed by atoms with E-state index in [4.69, 9.17) is 4.98 Å². The number of thiazole rings is 1. The molecule has 0 unspecified atom stereocenters. The summed E-state index contributed by atoms with van der Waals surface area (Å²) >= 11 is 1.77. The van der Waals surface area contributed by atoms with E-state index in [-0.39, 0.29) is 0 Å². The second kappa shape index (κ2) is 7.88. The number of nitrogens with zero attached hydrogens (tertiary/aromatic N) is 3. The fraction of sp³-hybridized carbons (Fsp3) is 0.240. The lowest BCUT2D eigenvalue weighted by atomic mass is 10.0. The first kappa shape index (κ1) is 18.2. The van der Waals surface area contributed by atoms with Crippen molar-refractivity contribution in [3.8, 4) is 0 Å². The molecule has 1 aliphatic heterocycles. The van der Waals surface area contributed by atoms with Gasteiger partial charge in [0.2, 0.25) is 0 Å². The van der Waals surface area contributed by atoms with Gasteiger partial charge in [-0.05, 0) is 54.7 Å². The van der Waals surface area contributed by atoms with E-state index < -0.39 is 0 Å². The molecule has 3 nitrogen and oxygen atoms in total. The zero-order chi connectivity index (χ0) is 19.6. The summed E-state index contributed by atoms with van der Waals surface area (Å²) in [6, 6.07) is 26.1. The molecule has 0 N–H and O–H groups in total. The number of para-hydroxylation sites is 3. The molecule has 0 spiro atoms. The summed E-state index contributed by atoms with van der Waals surface area (Å²) in [6.07, 6.45) is 3.29. The molecular formula is C25H25N3S. The van der Waals surface area contributed by atoms with Crippen molar-refractivity contribution in [1.82, 2.24) is 4.98 Å². The van der Waals surface area contributed by atoms with Crippen molar-refractivity contribution < 1.29 is 0 Å². The SMILES string of the molecule is CN(CCCN1c2ccccc2CCc2ccccc21)c1nc2ccccc2s1. The van der Waals surface area contributed by atoms with E-state index in [1.165, 1.54) is 27.2 Å². The minimum absolute atomic E-state index is 0.987. The van der Waals surface area contributed by atoms with Gasteiger partial charge in [0, 0.05) is 31.5 Å². The van der Waals surface area contributed by atoms with Gasteiger partial charge < -0.3 is 9.80 Å². The van der Waals surface area contributed by atoms with E-state index in [0.717, 1.165) is 43.0 Å². The number of aromatic nitrogens is 1. The fourth-order valence-electron chi connectivity index (χ4n) is 4.20. The molecule has 1 aliphatic rings. The van der Waals surface area contributed by atoms with Crippen LogP contribution in [0, 0.1) is 0 Å². The van der Waals surface area contributed by atoms with Crippen molar-refractivity contribution in [3.05, 3.63) is 83.9 Å². The minimum Gasteiger partial charge on any atom is -0.351 e. The molecule has 0 saturated heterocycles. The molecule has 4 aromatic rings. The number of aryl methyl sites for hydroxylation is 2. The van der Waals surface area contributed by atoms with Crippen LogP contribution in [0.25, 0.3) is 10.2 Å². The normalized spacial score (nSPS) is 13.1. The molecule has 4 heteroatoms. The van der Waals surface area contributed by atoms with Crippen molar-refractivity contribution >= 4 is 38.1 Å². The summed E-state index contributed by atoms with van der Waals surface area (Å²) in [5.74, 6) is 0. The Hall–Kier alpha value is -2.85. The van der Waals surface area contributed by atoms with E-state index in [1.54, 1.807) is 11.3 Å². The smallest absolute Gasteiger partial charge is 0.186 e. The molecule has 0 atom stereocenters. The van der Waals surface area contributed by atoms with Crippen LogP contribution in [0.4, 0.5) is 16.5 Å². The quantitative estimate of drug-likeness (QED) is 0.407. The Morgan fingerprint density at radius 2 is 1.48 bits per heavy atom. The first-order valence-electron chi connectivity index (χ1n) is 10.3. The lowest BCUT2D eigenvalue weighted by Gasteiger charge is -2.28. The first-order valence-corrected chi connectivity index (χ1v) is 11.1. The predicted molar refractivity (Wildman–Crippen MR) is 125 cm³/mol. The Labute approximate surface area is 176 Å². The van der Waals surface area contributed by atoms with E-state index in [9.17, 15) is 0 Å². The molecule has 29 heavy (non-hydrogen) atoms. The maximum atomic E-state index is 4.80. The first-order chi connectivity index (χ1) is 14.3. The van der Waals surface area contributed by atoms with Gasteiger partial charge in [-0.2, -0.15) is 0 Å². The number of rotatable bonds is 5. The van der Waals surface area contributed by atoms with Crippen LogP contribution in [0.5, 0.6) is 0 Å². The Morgan fingerprint density at radius 3 is 2.17 bits per heavy atom. The van der Waals surface area contributed by atoms with Crippen LogP contribution in [0.15, 0.2) is 72.8 Å². The molecule has 0 amide bonds. The maximum Gasteiger partial charge on any atom is 0.186 e. The molecule has 3 aromatic carbocycles. The standard InChI is InChI=1S/C25H25N3S/c1-27(25-26-21-11-4-7-14-24(21)29-25)17-8-18-28-22-12-5-2-9-19(22)15-16-20-10-3-6-13-23(20)28/h2-7,9-14H,8,15-18H2,1H3. The van der Waals surface area contributed by atoms with Crippen LogP contribution in [0.2, 0.25) is 0 Å². The third kappa shape index (κ3) is 3.60. The van der Waals surface area contributed by atoms with E-state index >= 15 is 0 Å². The summed E-state index contributed by atoms with van der Waals surface area (Å²) in [5, 5.41) is 1.10. The zero-order valence-corrected chi connectivity index (χ0v) is 17.5. The molecule has 0 bridgehead atoms. The van der Waals surface area contributed by atoms with Gasteiger partial charge >= 0.3 is 0 Å². The third-order valence-electron chi connectivity index (χ3n) is 5.71. The van der Waals surface area contributed by atoms with Gasteiger partial charge in [0.05, 0.1) is 10.2 Å². The molecule has 0 aliphatic carbocycles. The van der Waals surface area contributed by atoms with Crippen molar-refractivity contribution in [2.24, 2.45) is 0 Å². The van der Waals surface area contributed by atoms with Gasteiger partial charge in [0.1, 0.15) is 0 Å². The van der Waals surface area contributed by atoms with Gasteiger partial charge in [-0.25, -0.2) is 4.98 Å². The Balaban J connectivity index is 1.35. The van der Waals surface area contributed by atoms with E-state index in [2.05, 4.69) is 89.6 Å². The molecule has 0 radical (unpaired) electrons. The molecule has 2 heterocycles. The molecule has 146 valence electrons. The minimum atomic E-state index is 0.987. The largest absolute Gasteiger partial charge is 0.351 e. The zero-order valence-electron chi connectivity index (χ0n) is 16.7. The van der Waals surface area contributed by atoms with Crippen LogP contribution >= 0.6 is 11.3 Å². The van der Waals surface area contributed by atoms with Crippen LogP contribution in [-0.2, 0) is 12.8 Å². The molecule has 0 saturated carbocycles. The highest BCUT2D eigenvalue weighted by molar-refractivity contribution is 7.22. The van der Waals surface area contributed by atoms with Gasteiger partial charge in [0.25, 0.3) is 0 Å². The van der Waals surface area contributed by atoms with Crippen LogP contribution in [-0.4, -0.2) is 25.1 Å². The van der Waals surface area contributed by atoms with Crippen LogP contribution < -0.4 is 9.80 Å². The van der Waals surface area contributed by atoms with E-state index in [1.807, 2.05) is 0 Å². The molecule has 0 fully saturated rings. The Morgan fingerprint density at radius 1 is 0.862 bits per heavy atom. The van der Waals surface area contributed by atoms with E-state index in [0.29, 0.717) is 0 Å². The summed E-state index contributed by atoms with van der Waals surface area (Å²) in [5.41, 5.74) is 6.71. The van der Waals surface area contributed by atoms with Crippen molar-refractivity contribution in [2.75, 3.05) is 29.9 Å². The molecular weight excluding hydrogens is 374 g/mol. The summed E-state index contributed by atoms with van der Waals surface area (Å²) in [4.78, 5) is 9.61. The summed E-state index contributed by atoms with van der Waals surface area (Å²) < 4.78 is 1.25. The lowest BCUT2D eigenvalue weighted by molar-refractivity contribution is 0.776. The Bertz CT molecular complexity index is 1050. The number of hydrogen-bond acceptors (Lipinski definition) is 4. The summed E-state index contributed by atoms with van der Waals surface area (Å²) in [7, 11) is 2.15. The van der Waals surface area contributed by atoms with Crippen LogP contribution in [0.1, 0.15) is 17.5 Å². The Kier molecular flexibility index (Phi) is 4.94. The van der Waals surface area contributed by atoms with Crippen molar-refractivity contribution in [3.63, 3.8) is 0 Å². The average Bonchev–Trinajstić information content (AvgIpc) is 3.14. The van der Waals surface area contributed by atoms with Gasteiger partial charge in [0.15, 0.2) is 5.13 Å². The number of benzene rings is 3. The summed E-state index contributed by atoms with van der Waals surface area (Å²) in [6.45, 7) is 1.99. The number of anilines is 3. The lowest BCUT2D eigenvalue weighted by Crippen LogP contribution is -2.25. The number of fused-ring (bicyclic) bond motifs is 3.